The van der Waals surface area contributed by atoms with Crippen molar-refractivity contribution in [2.45, 2.75) is 89.6 Å². The van der Waals surface area contributed by atoms with Crippen LogP contribution in [-0.2, 0) is 20.9 Å². The number of fused-ring (bicyclic) bond motifs is 2. The number of piperidine rings is 1. The number of nitrogens with zero attached hydrogens (tertiary/aromatic N) is 2. The molecular formula is C33H36Cl2N2O5. The zero-order valence-electron chi connectivity index (χ0n) is 24.2. The molecule has 2 aliphatic carbocycles. The van der Waals surface area contributed by atoms with Crippen LogP contribution in [0.25, 0.3) is 11.3 Å². The third-order valence-corrected chi connectivity index (χ3v) is 9.01. The first-order chi connectivity index (χ1) is 20.1. The molecule has 222 valence electrons. The highest BCUT2D eigenvalue weighted by atomic mass is 35.5. The molecule has 9 heteroatoms. The minimum atomic E-state index is -0.551. The number of halogens is 2. The Morgan fingerprint density at radius 2 is 1.74 bits per heavy atom. The zero-order chi connectivity index (χ0) is 29.6. The molecule has 3 fully saturated rings. The summed E-state index contributed by atoms with van der Waals surface area (Å²) in [5.74, 6) is 1.29. The second-order valence-corrected chi connectivity index (χ2v) is 13.5. The minimum absolute atomic E-state index is 0.0550. The molecule has 3 aliphatic rings. The predicted molar refractivity (Wildman–Crippen MR) is 162 cm³/mol. The summed E-state index contributed by atoms with van der Waals surface area (Å²) in [5.41, 5.74) is 3.50. The van der Waals surface area contributed by atoms with E-state index >= 15 is 0 Å². The highest BCUT2D eigenvalue weighted by Gasteiger charge is 2.45. The molecular weight excluding hydrogens is 575 g/mol. The summed E-state index contributed by atoms with van der Waals surface area (Å²) >= 11 is 13.0. The highest BCUT2D eigenvalue weighted by Crippen LogP contribution is 2.47. The number of anilines is 1. The number of carbonyl (C=O) groups is 2. The van der Waals surface area contributed by atoms with Gasteiger partial charge >= 0.3 is 5.97 Å². The Morgan fingerprint density at radius 3 is 2.36 bits per heavy atom. The molecule has 2 heterocycles. The van der Waals surface area contributed by atoms with Crippen LogP contribution in [0.4, 0.5) is 5.69 Å². The van der Waals surface area contributed by atoms with Crippen LogP contribution in [0.15, 0.2) is 47.0 Å². The Bertz CT molecular complexity index is 1450. The molecule has 0 spiro atoms. The molecule has 1 aromatic heterocycles. The van der Waals surface area contributed by atoms with E-state index < -0.39 is 5.60 Å². The number of Topliss-reactive ketones (excluding diaryl/α,β-unsaturated/α-hetero) is 1. The van der Waals surface area contributed by atoms with Crippen molar-refractivity contribution in [2.75, 3.05) is 11.4 Å². The van der Waals surface area contributed by atoms with E-state index in [9.17, 15) is 9.59 Å². The number of ketones is 1. The smallest absolute Gasteiger partial charge is 0.306 e. The van der Waals surface area contributed by atoms with Gasteiger partial charge in [-0.25, -0.2) is 0 Å². The predicted octanol–water partition coefficient (Wildman–Crippen LogP) is 8.01. The minimum Gasteiger partial charge on any atom is -0.460 e. The van der Waals surface area contributed by atoms with E-state index in [1.807, 2.05) is 63.2 Å². The van der Waals surface area contributed by atoms with Crippen LogP contribution in [0.2, 0.25) is 10.0 Å². The number of hydrogen-bond donors (Lipinski definition) is 0. The van der Waals surface area contributed by atoms with Crippen LogP contribution >= 0.6 is 23.2 Å². The third-order valence-electron chi connectivity index (χ3n) is 8.38. The van der Waals surface area contributed by atoms with Crippen LogP contribution in [-0.4, -0.2) is 41.2 Å². The van der Waals surface area contributed by atoms with Crippen LogP contribution in [0.5, 0.6) is 0 Å². The van der Waals surface area contributed by atoms with Crippen LogP contribution in [0, 0.1) is 5.92 Å². The van der Waals surface area contributed by atoms with Crippen molar-refractivity contribution in [1.82, 2.24) is 5.16 Å². The maximum absolute atomic E-state index is 12.6. The zero-order valence-corrected chi connectivity index (χ0v) is 25.7. The summed E-state index contributed by atoms with van der Waals surface area (Å²) in [7, 11) is 0. The fourth-order valence-corrected chi connectivity index (χ4v) is 6.83. The lowest BCUT2D eigenvalue weighted by Crippen LogP contribution is -2.38. The second-order valence-electron chi connectivity index (χ2n) is 12.7. The summed E-state index contributed by atoms with van der Waals surface area (Å²) in [4.78, 5) is 27.0. The van der Waals surface area contributed by atoms with Gasteiger partial charge in [-0.3, -0.25) is 9.59 Å². The van der Waals surface area contributed by atoms with Gasteiger partial charge in [0.2, 0.25) is 0 Å². The van der Waals surface area contributed by atoms with Gasteiger partial charge in [-0.1, -0.05) is 34.4 Å². The lowest BCUT2D eigenvalue weighted by Gasteiger charge is -2.33. The Kier molecular flexibility index (Phi) is 8.11. The van der Waals surface area contributed by atoms with Gasteiger partial charge < -0.3 is 18.9 Å². The van der Waals surface area contributed by atoms with Gasteiger partial charge in [0.15, 0.2) is 5.78 Å². The molecule has 42 heavy (non-hydrogen) atoms. The molecule has 2 aromatic carbocycles. The van der Waals surface area contributed by atoms with Crippen molar-refractivity contribution in [3.05, 3.63) is 69.4 Å². The standard InChI is InChI=1S/C33H36Cl2N2O5/c1-33(2,3)41-29(39)14-13-27(38)19-9-11-22(12-10-19)37-17-21-15-23(37)16-28(21)40-18-24-31(36-42-32(24)20-7-8-20)30-25(34)5-4-6-26(30)35/h4-6,9-12,20-21,23,28H,7-8,13-18H2,1-3H3/t21-,23-,28+/m0/s1. The van der Waals surface area contributed by atoms with Gasteiger partial charge in [0.05, 0.1) is 29.2 Å². The molecule has 3 aromatic rings. The van der Waals surface area contributed by atoms with Crippen molar-refractivity contribution in [3.8, 4) is 11.3 Å². The van der Waals surface area contributed by atoms with E-state index in [0.717, 1.165) is 49.2 Å². The SMILES string of the molecule is CC(C)(C)OC(=O)CCC(=O)c1ccc(N2C[C@@H]3C[C@H]2C[C@H]3OCc2c(-c3c(Cl)cccc3Cl)noc2C2CC2)cc1. The van der Waals surface area contributed by atoms with Gasteiger partial charge in [-0.05, 0) is 82.9 Å². The second kappa shape index (κ2) is 11.7. The first kappa shape index (κ1) is 29.2. The van der Waals surface area contributed by atoms with Crippen LogP contribution in [0.3, 0.4) is 0 Å². The third kappa shape index (κ3) is 6.24. The maximum atomic E-state index is 12.6. The van der Waals surface area contributed by atoms with Crippen molar-refractivity contribution in [2.24, 2.45) is 5.92 Å². The fourth-order valence-electron chi connectivity index (χ4n) is 6.26. The average Bonchev–Trinajstić information content (AvgIpc) is 3.39. The highest BCUT2D eigenvalue weighted by molar-refractivity contribution is 6.39. The first-order valence-corrected chi connectivity index (χ1v) is 15.5. The van der Waals surface area contributed by atoms with E-state index in [2.05, 4.69) is 10.1 Å². The number of esters is 1. The topological polar surface area (TPSA) is 81.9 Å². The van der Waals surface area contributed by atoms with E-state index in [0.29, 0.717) is 51.4 Å². The lowest BCUT2D eigenvalue weighted by molar-refractivity contribution is -0.154. The number of benzene rings is 2. The molecule has 1 saturated heterocycles. The Morgan fingerprint density at radius 1 is 1.02 bits per heavy atom. The Balaban J connectivity index is 1.06. The van der Waals surface area contributed by atoms with Crippen molar-refractivity contribution in [3.63, 3.8) is 0 Å². The van der Waals surface area contributed by atoms with E-state index in [4.69, 9.17) is 37.2 Å². The summed E-state index contributed by atoms with van der Waals surface area (Å²) in [6.45, 7) is 6.79. The molecule has 0 N–H and O–H groups in total. The molecule has 1 aliphatic heterocycles. The quantitative estimate of drug-likeness (QED) is 0.170. The normalized spacial score (nSPS) is 21.6. The molecule has 0 unspecified atom stereocenters. The first-order valence-electron chi connectivity index (χ1n) is 14.7. The molecule has 2 saturated carbocycles. The summed E-state index contributed by atoms with van der Waals surface area (Å²) < 4.78 is 17.7. The van der Waals surface area contributed by atoms with Gasteiger partial charge in [0.25, 0.3) is 0 Å². The number of hydrogen-bond acceptors (Lipinski definition) is 7. The molecule has 3 atom stereocenters. The van der Waals surface area contributed by atoms with E-state index in [1.54, 1.807) is 0 Å². The largest absolute Gasteiger partial charge is 0.460 e. The van der Waals surface area contributed by atoms with Gasteiger partial charge in [-0.15, -0.1) is 0 Å². The maximum Gasteiger partial charge on any atom is 0.306 e. The monoisotopic (exact) mass is 610 g/mol. The van der Waals surface area contributed by atoms with Gasteiger partial charge in [0.1, 0.15) is 17.1 Å². The average molecular weight is 612 g/mol. The summed E-state index contributed by atoms with van der Waals surface area (Å²) in [6, 6.07) is 13.6. The molecule has 2 bridgehead atoms. The van der Waals surface area contributed by atoms with Gasteiger partial charge in [0, 0.05) is 53.2 Å². The lowest BCUT2D eigenvalue weighted by atomic mass is 10.0. The Hall–Kier alpha value is -2.87. The number of rotatable bonds is 10. The molecule has 0 radical (unpaired) electrons. The van der Waals surface area contributed by atoms with Crippen LogP contribution in [0.1, 0.15) is 86.9 Å². The van der Waals surface area contributed by atoms with Crippen molar-refractivity contribution < 1.29 is 23.6 Å². The van der Waals surface area contributed by atoms with E-state index in [-0.39, 0.29) is 30.7 Å². The summed E-state index contributed by atoms with van der Waals surface area (Å²) in [5, 5.41) is 5.48. The van der Waals surface area contributed by atoms with Crippen molar-refractivity contribution in [1.29, 1.82) is 0 Å². The number of ether oxygens (including phenoxy) is 2. The van der Waals surface area contributed by atoms with E-state index in [1.165, 1.54) is 0 Å². The molecule has 7 nitrogen and oxygen atoms in total. The van der Waals surface area contributed by atoms with Gasteiger partial charge in [-0.2, -0.15) is 0 Å². The molecule has 6 rings (SSSR count). The summed E-state index contributed by atoms with van der Waals surface area (Å²) in [6.07, 6.45) is 4.57. The molecule has 0 amide bonds. The van der Waals surface area contributed by atoms with Crippen LogP contribution < -0.4 is 4.90 Å². The number of carbonyl (C=O) groups excluding carboxylic acids is 2. The fraction of sp³-hybridized carbons (Fsp3) is 0.485. The van der Waals surface area contributed by atoms with Crippen molar-refractivity contribution >= 4 is 40.6 Å². The number of aromatic nitrogens is 1. The Labute approximate surface area is 256 Å².